The molecule has 0 aliphatic carbocycles. The molecule has 0 aromatic carbocycles. The van der Waals surface area contributed by atoms with E-state index in [2.05, 4.69) is 20.6 Å². The number of allylic oxidation sites excluding steroid dienone is 2. The third kappa shape index (κ3) is 4.01. The minimum Gasteiger partial charge on any atom is -0.476 e. The number of rotatable bonds is 6. The van der Waals surface area contributed by atoms with Gasteiger partial charge in [-0.3, -0.25) is 0 Å². The fourth-order valence-corrected chi connectivity index (χ4v) is 3.29. The Balaban J connectivity index is 2.03. The minimum atomic E-state index is -1.33. The van der Waals surface area contributed by atoms with Gasteiger partial charge < -0.3 is 20.6 Å². The Bertz CT molecular complexity index is 923. The number of carboxylic acids is 1. The summed E-state index contributed by atoms with van der Waals surface area (Å²) >= 11 is 5.82. The molecule has 28 heavy (non-hydrogen) atoms. The summed E-state index contributed by atoms with van der Waals surface area (Å²) in [4.78, 5) is 21.9. The maximum absolute atomic E-state index is 14.7. The topological polar surface area (TPSA) is 89.8 Å². The molecular weight excluding hydrogens is 385 g/mol. The van der Waals surface area contributed by atoms with E-state index in [0.717, 1.165) is 5.57 Å². The summed E-state index contributed by atoms with van der Waals surface area (Å²) < 4.78 is 14.7. The van der Waals surface area contributed by atoms with Crippen molar-refractivity contribution in [2.24, 2.45) is 4.99 Å². The third-order valence-corrected chi connectivity index (χ3v) is 4.62. The van der Waals surface area contributed by atoms with Gasteiger partial charge in [0.05, 0.1) is 11.7 Å². The first-order valence-corrected chi connectivity index (χ1v) is 9.12. The Labute approximate surface area is 167 Å². The zero-order chi connectivity index (χ0) is 20.4. The normalized spacial score (nSPS) is 18.1. The fourth-order valence-electron chi connectivity index (χ4n) is 3.14. The summed E-state index contributed by atoms with van der Waals surface area (Å²) in [6.07, 6.45) is 4.40. The van der Waals surface area contributed by atoms with Crippen LogP contribution in [0.3, 0.4) is 0 Å². The number of aromatic nitrogens is 1. The lowest BCUT2D eigenvalue weighted by molar-refractivity contribution is 0.0691. The number of pyridine rings is 1. The molecule has 0 radical (unpaired) electrons. The van der Waals surface area contributed by atoms with Gasteiger partial charge in [-0.2, -0.15) is 0 Å². The molecule has 2 unspecified atom stereocenters. The van der Waals surface area contributed by atoms with Crippen LogP contribution in [-0.2, 0) is 0 Å². The minimum absolute atomic E-state index is 0.0510. The molecule has 0 fully saturated rings. The number of anilines is 1. The maximum atomic E-state index is 14.7. The summed E-state index contributed by atoms with van der Waals surface area (Å²) in [6.45, 7) is 3.93. The number of nitrogens with one attached hydrogen (secondary N) is 2. The highest BCUT2D eigenvalue weighted by Crippen LogP contribution is 2.28. The third-order valence-electron chi connectivity index (χ3n) is 4.41. The number of nitrogens with zero attached hydrogens (tertiary/aromatic N) is 3. The average Bonchev–Trinajstić information content (AvgIpc) is 2.65. The molecule has 1 aromatic heterocycles. The van der Waals surface area contributed by atoms with Crippen molar-refractivity contribution in [3.05, 3.63) is 58.3 Å². The molecule has 2 atom stereocenters. The van der Waals surface area contributed by atoms with Crippen LogP contribution >= 0.6 is 11.6 Å². The van der Waals surface area contributed by atoms with E-state index in [1.54, 1.807) is 7.05 Å². The molecule has 0 spiro atoms. The SMILES string of the molecule is CNC1=CCN2C=C(C)C=C(C(Nc3ccc(Cl)nc3C(=O)O)C(C)F)C2=N1. The van der Waals surface area contributed by atoms with Crippen LogP contribution in [0.15, 0.2) is 52.4 Å². The van der Waals surface area contributed by atoms with E-state index in [1.807, 2.05) is 30.2 Å². The lowest BCUT2D eigenvalue weighted by Crippen LogP contribution is -2.43. The highest BCUT2D eigenvalue weighted by atomic mass is 35.5. The van der Waals surface area contributed by atoms with Crippen molar-refractivity contribution in [1.82, 2.24) is 15.2 Å². The van der Waals surface area contributed by atoms with Crippen molar-refractivity contribution in [2.45, 2.75) is 26.1 Å². The van der Waals surface area contributed by atoms with Crippen LogP contribution < -0.4 is 10.6 Å². The van der Waals surface area contributed by atoms with Crippen molar-refractivity contribution in [3.8, 4) is 0 Å². The van der Waals surface area contributed by atoms with Crippen LogP contribution in [0.25, 0.3) is 0 Å². The van der Waals surface area contributed by atoms with E-state index in [4.69, 9.17) is 11.6 Å². The molecule has 0 bridgehead atoms. The zero-order valence-electron chi connectivity index (χ0n) is 15.7. The van der Waals surface area contributed by atoms with Gasteiger partial charge in [0.15, 0.2) is 5.69 Å². The van der Waals surface area contributed by atoms with Gasteiger partial charge in [0.2, 0.25) is 0 Å². The van der Waals surface area contributed by atoms with Crippen molar-refractivity contribution in [1.29, 1.82) is 0 Å². The second-order valence-electron chi connectivity index (χ2n) is 6.53. The summed E-state index contributed by atoms with van der Waals surface area (Å²) in [5.74, 6) is 0.0500. The summed E-state index contributed by atoms with van der Waals surface area (Å²) in [7, 11) is 1.77. The van der Waals surface area contributed by atoms with Crippen molar-refractivity contribution < 1.29 is 14.3 Å². The lowest BCUT2D eigenvalue weighted by Gasteiger charge is -2.34. The van der Waals surface area contributed by atoms with Gasteiger partial charge in [-0.25, -0.2) is 19.2 Å². The van der Waals surface area contributed by atoms with Gasteiger partial charge in [0, 0.05) is 25.4 Å². The second kappa shape index (κ2) is 8.02. The Morgan fingerprint density at radius 3 is 2.82 bits per heavy atom. The van der Waals surface area contributed by atoms with E-state index < -0.39 is 18.2 Å². The largest absolute Gasteiger partial charge is 0.476 e. The van der Waals surface area contributed by atoms with Crippen LogP contribution in [0.2, 0.25) is 5.15 Å². The van der Waals surface area contributed by atoms with Gasteiger partial charge in [-0.15, -0.1) is 0 Å². The number of aliphatic imine (C=N–C) groups is 1. The zero-order valence-corrected chi connectivity index (χ0v) is 16.5. The molecule has 148 valence electrons. The number of carboxylic acid groups (broad SMARTS) is 1. The number of hydrogen-bond donors (Lipinski definition) is 3. The molecule has 3 heterocycles. The van der Waals surface area contributed by atoms with Gasteiger partial charge in [-0.05, 0) is 43.7 Å². The van der Waals surface area contributed by atoms with E-state index >= 15 is 0 Å². The summed E-state index contributed by atoms with van der Waals surface area (Å²) in [5.41, 5.74) is 1.49. The number of aromatic carboxylic acids is 1. The predicted octanol–water partition coefficient (Wildman–Crippen LogP) is 3.19. The average molecular weight is 406 g/mol. The number of fused-ring (bicyclic) bond motifs is 1. The van der Waals surface area contributed by atoms with Crippen molar-refractivity contribution >= 4 is 29.1 Å². The Morgan fingerprint density at radius 1 is 1.43 bits per heavy atom. The molecule has 2 aliphatic rings. The Morgan fingerprint density at radius 2 is 2.18 bits per heavy atom. The number of halogens is 2. The highest BCUT2D eigenvalue weighted by Gasteiger charge is 2.32. The number of hydrogen-bond acceptors (Lipinski definition) is 6. The molecule has 0 saturated heterocycles. The molecule has 3 rings (SSSR count). The van der Waals surface area contributed by atoms with E-state index in [1.165, 1.54) is 19.1 Å². The first-order valence-electron chi connectivity index (χ1n) is 8.74. The second-order valence-corrected chi connectivity index (χ2v) is 6.92. The number of amidine groups is 1. The summed E-state index contributed by atoms with van der Waals surface area (Å²) in [6, 6.07) is 2.12. The molecule has 0 saturated carbocycles. The van der Waals surface area contributed by atoms with E-state index in [-0.39, 0.29) is 16.5 Å². The molecule has 7 nitrogen and oxygen atoms in total. The van der Waals surface area contributed by atoms with Gasteiger partial charge in [0.1, 0.15) is 23.0 Å². The number of carbonyl (C=O) groups is 1. The van der Waals surface area contributed by atoms with E-state index in [0.29, 0.717) is 23.8 Å². The molecule has 3 N–H and O–H groups in total. The molecule has 0 amide bonds. The fraction of sp³-hybridized carbons (Fsp3) is 0.316. The van der Waals surface area contributed by atoms with Crippen molar-refractivity contribution in [2.75, 3.05) is 18.9 Å². The number of alkyl halides is 1. The first kappa shape index (κ1) is 19.9. The van der Waals surface area contributed by atoms with E-state index in [9.17, 15) is 14.3 Å². The maximum Gasteiger partial charge on any atom is 0.356 e. The van der Waals surface area contributed by atoms with Gasteiger partial charge in [0.25, 0.3) is 0 Å². The quantitative estimate of drug-likeness (QED) is 0.630. The van der Waals surface area contributed by atoms with Crippen molar-refractivity contribution in [3.63, 3.8) is 0 Å². The van der Waals surface area contributed by atoms with Crippen LogP contribution in [0.5, 0.6) is 0 Å². The molecular formula is C19H21ClFN5O2. The van der Waals surface area contributed by atoms with Gasteiger partial charge in [-0.1, -0.05) is 11.6 Å². The van der Waals surface area contributed by atoms with Crippen LogP contribution in [-0.4, -0.2) is 52.6 Å². The van der Waals surface area contributed by atoms with Crippen LogP contribution in [0.4, 0.5) is 10.1 Å². The first-order chi connectivity index (χ1) is 13.3. The molecule has 2 aliphatic heterocycles. The molecule has 1 aromatic rings. The Kier molecular flexibility index (Phi) is 5.69. The van der Waals surface area contributed by atoms with Gasteiger partial charge >= 0.3 is 5.97 Å². The van der Waals surface area contributed by atoms with Crippen LogP contribution in [0, 0.1) is 0 Å². The smallest absolute Gasteiger partial charge is 0.356 e. The molecule has 9 heteroatoms. The standard InChI is InChI=1S/C19H21ClFN5O2/c1-10-8-12(18-25-15(22-3)6-7-26(18)9-10)16(11(2)21)23-13-4-5-14(20)24-17(13)19(27)28/h4-6,8-9,11,16,22-23H,7H2,1-3H3,(H,27,28). The lowest BCUT2D eigenvalue weighted by atomic mass is 9.95. The monoisotopic (exact) mass is 405 g/mol. The predicted molar refractivity (Wildman–Crippen MR) is 107 cm³/mol. The Hall–Kier alpha value is -2.87. The highest BCUT2D eigenvalue weighted by molar-refractivity contribution is 6.29. The summed E-state index contributed by atoms with van der Waals surface area (Å²) in [5, 5.41) is 15.5. The van der Waals surface area contributed by atoms with Crippen LogP contribution in [0.1, 0.15) is 24.3 Å².